The molecule has 1 aliphatic rings. The first-order chi connectivity index (χ1) is 11.9. The van der Waals surface area contributed by atoms with Gasteiger partial charge in [0.05, 0.1) is 5.70 Å². The van der Waals surface area contributed by atoms with Gasteiger partial charge in [-0.05, 0) is 11.6 Å². The number of halogens is 4. The summed E-state index contributed by atoms with van der Waals surface area (Å²) in [5, 5.41) is 0.310. The van der Waals surface area contributed by atoms with Crippen LogP contribution in [0.1, 0.15) is 11.1 Å². The largest absolute Gasteiger partial charge is 0.456 e. The van der Waals surface area contributed by atoms with Crippen molar-refractivity contribution in [1.29, 1.82) is 0 Å². The van der Waals surface area contributed by atoms with Gasteiger partial charge in [-0.2, -0.15) is 0 Å². The maximum Gasteiger partial charge on any atom is 0.333 e. The fourth-order valence-corrected chi connectivity index (χ4v) is 2.55. The Balaban J connectivity index is 1.90. The van der Waals surface area contributed by atoms with Crippen molar-refractivity contribution in [1.82, 2.24) is 9.88 Å². The number of nitrogens with zero attached hydrogens (tertiary/aromatic N) is 2. The summed E-state index contributed by atoms with van der Waals surface area (Å²) in [4.78, 5) is 16.8. The lowest BCUT2D eigenvalue weighted by molar-refractivity contribution is -0.135. The molecule has 8 heteroatoms. The topological polar surface area (TPSA) is 42.4 Å². The van der Waals surface area contributed by atoms with Gasteiger partial charge >= 0.3 is 5.97 Å². The van der Waals surface area contributed by atoms with Crippen LogP contribution < -0.4 is 0 Å². The van der Waals surface area contributed by atoms with E-state index in [-0.39, 0.29) is 25.3 Å². The fraction of sp³-hybridized carbons (Fsp3) is 0.176. The summed E-state index contributed by atoms with van der Waals surface area (Å²) in [6.07, 6.45) is 2.77. The van der Waals surface area contributed by atoms with Crippen molar-refractivity contribution in [2.75, 3.05) is 6.61 Å². The number of pyridine rings is 1. The highest BCUT2D eigenvalue weighted by Crippen LogP contribution is 2.23. The molecule has 2 aromatic rings. The highest BCUT2D eigenvalue weighted by Gasteiger charge is 2.22. The van der Waals surface area contributed by atoms with Gasteiger partial charge in [0.1, 0.15) is 29.2 Å². The minimum atomic E-state index is -0.998. The lowest BCUT2D eigenvalue weighted by Gasteiger charge is -2.25. The summed E-state index contributed by atoms with van der Waals surface area (Å²) < 4.78 is 45.9. The van der Waals surface area contributed by atoms with Crippen LogP contribution in [0.4, 0.5) is 13.2 Å². The van der Waals surface area contributed by atoms with E-state index in [2.05, 4.69) is 4.98 Å². The highest BCUT2D eigenvalue weighted by molar-refractivity contribution is 6.29. The van der Waals surface area contributed by atoms with E-state index in [9.17, 15) is 18.0 Å². The number of hydrogen-bond donors (Lipinski definition) is 0. The van der Waals surface area contributed by atoms with E-state index < -0.39 is 23.4 Å². The SMILES string of the molecule is O=C1C=C(N(Cc2ccc(Cl)nc2)Cc2c(F)cc(F)cc2F)CO1. The predicted molar refractivity (Wildman–Crippen MR) is 83.9 cm³/mol. The molecule has 0 amide bonds. The van der Waals surface area contributed by atoms with Crippen LogP contribution in [0.2, 0.25) is 5.15 Å². The highest BCUT2D eigenvalue weighted by atomic mass is 35.5. The third-order valence-electron chi connectivity index (χ3n) is 3.67. The molecule has 130 valence electrons. The van der Waals surface area contributed by atoms with Crippen molar-refractivity contribution in [3.05, 3.63) is 76.0 Å². The molecule has 0 radical (unpaired) electrons. The molecular formula is C17H12ClF3N2O2. The molecule has 0 fully saturated rings. The van der Waals surface area contributed by atoms with Gasteiger partial charge in [-0.15, -0.1) is 0 Å². The van der Waals surface area contributed by atoms with Crippen molar-refractivity contribution < 1.29 is 22.7 Å². The molecule has 0 unspecified atom stereocenters. The zero-order valence-corrected chi connectivity index (χ0v) is 13.6. The number of esters is 1. The second kappa shape index (κ2) is 7.14. The summed E-state index contributed by atoms with van der Waals surface area (Å²) in [6, 6.07) is 4.52. The van der Waals surface area contributed by atoms with Gasteiger partial charge in [0.15, 0.2) is 0 Å². The Morgan fingerprint density at radius 1 is 1.16 bits per heavy atom. The Kier molecular flexibility index (Phi) is 4.94. The van der Waals surface area contributed by atoms with E-state index in [1.165, 1.54) is 12.3 Å². The average Bonchev–Trinajstić information content (AvgIpc) is 2.98. The second-order valence-electron chi connectivity index (χ2n) is 5.44. The molecule has 0 aliphatic carbocycles. The first-order valence-corrected chi connectivity index (χ1v) is 7.66. The third-order valence-corrected chi connectivity index (χ3v) is 3.89. The normalized spacial score (nSPS) is 13.6. The molecule has 0 atom stereocenters. The zero-order chi connectivity index (χ0) is 18.0. The number of aromatic nitrogens is 1. The standard InChI is InChI=1S/C17H12ClF3N2O2/c18-16-2-1-10(6-22-16)7-23(12-5-17(24)25-9-12)8-13-14(20)3-11(19)4-15(13)21/h1-6H,7-9H2. The van der Waals surface area contributed by atoms with Crippen LogP contribution in [0, 0.1) is 17.5 Å². The van der Waals surface area contributed by atoms with Gasteiger partial charge in [-0.1, -0.05) is 17.7 Å². The Hall–Kier alpha value is -2.54. The van der Waals surface area contributed by atoms with Gasteiger partial charge in [-0.25, -0.2) is 22.9 Å². The summed E-state index contributed by atoms with van der Waals surface area (Å²) in [5.41, 5.74) is 0.874. The zero-order valence-electron chi connectivity index (χ0n) is 12.8. The lowest BCUT2D eigenvalue weighted by Crippen LogP contribution is -2.24. The van der Waals surface area contributed by atoms with Gasteiger partial charge in [0.25, 0.3) is 0 Å². The number of rotatable bonds is 5. The van der Waals surface area contributed by atoms with E-state index >= 15 is 0 Å². The molecular weight excluding hydrogens is 357 g/mol. The molecule has 1 aromatic carbocycles. The maximum atomic E-state index is 14.0. The van der Waals surface area contributed by atoms with E-state index in [1.807, 2.05) is 0 Å². The van der Waals surface area contributed by atoms with Gasteiger partial charge < -0.3 is 9.64 Å². The van der Waals surface area contributed by atoms with Crippen LogP contribution in [-0.4, -0.2) is 22.5 Å². The Morgan fingerprint density at radius 3 is 2.44 bits per heavy atom. The van der Waals surface area contributed by atoms with Gasteiger partial charge in [-0.3, -0.25) is 0 Å². The van der Waals surface area contributed by atoms with Crippen LogP contribution in [0.3, 0.4) is 0 Å². The van der Waals surface area contributed by atoms with Crippen molar-refractivity contribution in [3.8, 4) is 0 Å². The van der Waals surface area contributed by atoms with E-state index in [0.29, 0.717) is 28.5 Å². The monoisotopic (exact) mass is 368 g/mol. The third kappa shape index (κ3) is 4.11. The molecule has 3 rings (SSSR count). The summed E-state index contributed by atoms with van der Waals surface area (Å²) >= 11 is 5.75. The number of cyclic esters (lactones) is 1. The first-order valence-electron chi connectivity index (χ1n) is 7.28. The Labute approximate surface area is 146 Å². The Morgan fingerprint density at radius 2 is 1.88 bits per heavy atom. The smallest absolute Gasteiger partial charge is 0.333 e. The van der Waals surface area contributed by atoms with E-state index in [1.54, 1.807) is 17.0 Å². The fourth-order valence-electron chi connectivity index (χ4n) is 2.44. The summed E-state index contributed by atoms with van der Waals surface area (Å²) in [5.74, 6) is -3.52. The van der Waals surface area contributed by atoms with Crippen molar-refractivity contribution in [3.63, 3.8) is 0 Å². The molecule has 0 N–H and O–H groups in total. The van der Waals surface area contributed by atoms with Gasteiger partial charge in [0.2, 0.25) is 0 Å². The molecule has 0 bridgehead atoms. The number of carbonyl (C=O) groups excluding carboxylic acids is 1. The molecule has 0 spiro atoms. The van der Waals surface area contributed by atoms with E-state index in [4.69, 9.17) is 16.3 Å². The van der Waals surface area contributed by atoms with Crippen LogP contribution in [0.5, 0.6) is 0 Å². The first kappa shape index (κ1) is 17.3. The number of hydrogen-bond acceptors (Lipinski definition) is 4. The van der Waals surface area contributed by atoms with Crippen LogP contribution in [0.25, 0.3) is 0 Å². The second-order valence-corrected chi connectivity index (χ2v) is 5.82. The molecule has 2 heterocycles. The summed E-state index contributed by atoms with van der Waals surface area (Å²) in [7, 11) is 0. The van der Waals surface area contributed by atoms with Crippen LogP contribution in [0.15, 0.2) is 42.2 Å². The van der Waals surface area contributed by atoms with Crippen molar-refractivity contribution in [2.24, 2.45) is 0 Å². The van der Waals surface area contributed by atoms with Gasteiger partial charge in [0, 0.05) is 43.1 Å². The minimum absolute atomic E-state index is 0.00964. The van der Waals surface area contributed by atoms with Crippen LogP contribution in [-0.2, 0) is 22.6 Å². The van der Waals surface area contributed by atoms with Crippen molar-refractivity contribution in [2.45, 2.75) is 13.1 Å². The minimum Gasteiger partial charge on any atom is -0.456 e. The van der Waals surface area contributed by atoms with Crippen molar-refractivity contribution >= 4 is 17.6 Å². The van der Waals surface area contributed by atoms with E-state index in [0.717, 1.165) is 0 Å². The predicted octanol–water partition coefficient (Wildman–Crippen LogP) is 3.60. The lowest BCUT2D eigenvalue weighted by atomic mass is 10.1. The number of carbonyl (C=O) groups is 1. The summed E-state index contributed by atoms with van der Waals surface area (Å²) in [6.45, 7) is -0.00374. The number of ether oxygens (including phenoxy) is 1. The molecule has 25 heavy (non-hydrogen) atoms. The molecule has 1 aliphatic heterocycles. The quantitative estimate of drug-likeness (QED) is 0.597. The van der Waals surface area contributed by atoms with Crippen LogP contribution >= 0.6 is 11.6 Å². The molecule has 1 aromatic heterocycles. The average molecular weight is 369 g/mol. The number of benzene rings is 1. The molecule has 0 saturated carbocycles. The Bertz CT molecular complexity index is 817. The molecule has 0 saturated heterocycles. The molecule has 4 nitrogen and oxygen atoms in total. The maximum absolute atomic E-state index is 14.0.